The molecular formula is C26H30N2O5S. The maximum Gasteiger partial charge on any atom is 0.252 e. The molecule has 34 heavy (non-hydrogen) atoms. The van der Waals surface area contributed by atoms with E-state index in [1.807, 2.05) is 12.2 Å². The number of ether oxygens (including phenoxy) is 1. The smallest absolute Gasteiger partial charge is 0.252 e. The molecule has 180 valence electrons. The van der Waals surface area contributed by atoms with E-state index in [1.165, 1.54) is 19.6 Å². The quantitative estimate of drug-likeness (QED) is 0.435. The van der Waals surface area contributed by atoms with Crippen LogP contribution in [0.1, 0.15) is 35.3 Å². The van der Waals surface area contributed by atoms with Crippen molar-refractivity contribution in [1.82, 2.24) is 4.90 Å². The Labute approximate surface area is 200 Å². The third-order valence-electron chi connectivity index (χ3n) is 5.68. The van der Waals surface area contributed by atoms with Crippen LogP contribution in [-0.2, 0) is 15.6 Å². The van der Waals surface area contributed by atoms with Gasteiger partial charge in [0.1, 0.15) is 5.75 Å². The largest absolute Gasteiger partial charge is 0.495 e. The lowest BCUT2D eigenvalue weighted by Gasteiger charge is -2.16. The molecule has 1 heterocycles. The van der Waals surface area contributed by atoms with E-state index in [2.05, 4.69) is 18.7 Å². The molecule has 0 aliphatic heterocycles. The van der Waals surface area contributed by atoms with Gasteiger partial charge in [0.05, 0.1) is 35.8 Å². The van der Waals surface area contributed by atoms with Gasteiger partial charge in [-0.25, -0.2) is 8.42 Å². The summed E-state index contributed by atoms with van der Waals surface area (Å²) in [5, 5.41) is 0. The Morgan fingerprint density at radius 1 is 1.12 bits per heavy atom. The highest BCUT2D eigenvalue weighted by Gasteiger charge is 2.25. The molecule has 0 radical (unpaired) electrons. The van der Waals surface area contributed by atoms with E-state index in [-0.39, 0.29) is 21.8 Å². The predicted octanol–water partition coefficient (Wildman–Crippen LogP) is 4.38. The van der Waals surface area contributed by atoms with Gasteiger partial charge < -0.3 is 19.8 Å². The Balaban J connectivity index is 2.00. The minimum absolute atomic E-state index is 0.0410. The molecule has 0 fully saturated rings. The van der Waals surface area contributed by atoms with E-state index in [0.717, 1.165) is 19.6 Å². The second-order valence-electron chi connectivity index (χ2n) is 7.74. The van der Waals surface area contributed by atoms with Crippen molar-refractivity contribution in [3.63, 3.8) is 0 Å². The van der Waals surface area contributed by atoms with Crippen LogP contribution in [0, 0.1) is 0 Å². The minimum atomic E-state index is -3.80. The van der Waals surface area contributed by atoms with Crippen molar-refractivity contribution in [2.75, 3.05) is 26.7 Å². The molecule has 2 aromatic carbocycles. The summed E-state index contributed by atoms with van der Waals surface area (Å²) in [6, 6.07) is 11.9. The van der Waals surface area contributed by atoms with Crippen molar-refractivity contribution in [3.8, 4) is 16.9 Å². The van der Waals surface area contributed by atoms with Crippen LogP contribution in [0.25, 0.3) is 17.2 Å². The molecule has 0 saturated carbocycles. The lowest BCUT2D eigenvalue weighted by molar-refractivity contribution is 0.0996. The lowest BCUT2D eigenvalue weighted by atomic mass is 9.99. The number of furan rings is 1. The van der Waals surface area contributed by atoms with Crippen LogP contribution in [0.15, 0.2) is 70.4 Å². The number of hydrogen-bond donors (Lipinski definition) is 1. The first-order valence-electron chi connectivity index (χ1n) is 11.0. The van der Waals surface area contributed by atoms with Gasteiger partial charge in [0.25, 0.3) is 5.91 Å². The molecule has 3 aromatic rings. The Morgan fingerprint density at radius 2 is 1.85 bits per heavy atom. The number of methoxy groups -OCH3 is 1. The number of hydrogen-bond acceptors (Lipinski definition) is 6. The zero-order valence-corrected chi connectivity index (χ0v) is 20.5. The summed E-state index contributed by atoms with van der Waals surface area (Å²) in [6.07, 6.45) is 6.79. The van der Waals surface area contributed by atoms with E-state index in [9.17, 15) is 13.2 Å². The lowest BCUT2D eigenvalue weighted by Crippen LogP contribution is -2.22. The minimum Gasteiger partial charge on any atom is -0.495 e. The normalized spacial score (nSPS) is 11.9. The van der Waals surface area contributed by atoms with E-state index in [0.29, 0.717) is 16.7 Å². The number of nitrogens with two attached hydrogens (primary N) is 1. The predicted molar refractivity (Wildman–Crippen MR) is 133 cm³/mol. The van der Waals surface area contributed by atoms with Gasteiger partial charge >= 0.3 is 0 Å². The second kappa shape index (κ2) is 11.2. The summed E-state index contributed by atoms with van der Waals surface area (Å²) in [5.41, 5.74) is 7.86. The maximum absolute atomic E-state index is 13.5. The molecule has 0 unspecified atom stereocenters. The molecule has 0 atom stereocenters. The summed E-state index contributed by atoms with van der Waals surface area (Å²) in [7, 11) is -2.38. The highest BCUT2D eigenvalue weighted by atomic mass is 32.2. The van der Waals surface area contributed by atoms with Crippen molar-refractivity contribution in [2.45, 2.75) is 24.5 Å². The van der Waals surface area contributed by atoms with Gasteiger partial charge in [-0.05, 0) is 36.3 Å². The number of carbonyl (C=O) groups is 1. The summed E-state index contributed by atoms with van der Waals surface area (Å²) in [5.74, 6) is -0.942. The van der Waals surface area contributed by atoms with Gasteiger partial charge in [-0.15, -0.1) is 0 Å². The molecule has 7 nitrogen and oxygen atoms in total. The number of carbonyl (C=O) groups excluding carboxylic acids is 1. The van der Waals surface area contributed by atoms with Crippen molar-refractivity contribution in [3.05, 3.63) is 77.8 Å². The van der Waals surface area contributed by atoms with Crippen LogP contribution in [0.5, 0.6) is 5.75 Å². The number of nitrogens with zero attached hydrogens (tertiary/aromatic N) is 1. The van der Waals surface area contributed by atoms with Crippen molar-refractivity contribution >= 4 is 21.8 Å². The molecule has 0 bridgehead atoms. The van der Waals surface area contributed by atoms with Gasteiger partial charge in [-0.2, -0.15) is 0 Å². The number of likely N-dealkylation sites (N-methyl/N-ethyl adjacent to an activating group) is 1. The van der Waals surface area contributed by atoms with Gasteiger partial charge in [0, 0.05) is 17.7 Å². The molecule has 0 aliphatic rings. The van der Waals surface area contributed by atoms with Gasteiger partial charge in [-0.3, -0.25) is 4.79 Å². The highest BCUT2D eigenvalue weighted by molar-refractivity contribution is 7.90. The average Bonchev–Trinajstić information content (AvgIpc) is 3.36. The number of benzene rings is 2. The van der Waals surface area contributed by atoms with Gasteiger partial charge in [-0.1, -0.05) is 56.3 Å². The number of sulfone groups is 1. The van der Waals surface area contributed by atoms with Crippen LogP contribution in [0.3, 0.4) is 0 Å². The fourth-order valence-corrected chi connectivity index (χ4v) is 5.45. The Bertz CT molecular complexity index is 1260. The summed E-state index contributed by atoms with van der Waals surface area (Å²) >= 11 is 0. The van der Waals surface area contributed by atoms with Crippen molar-refractivity contribution in [2.24, 2.45) is 5.73 Å². The summed E-state index contributed by atoms with van der Waals surface area (Å²) < 4.78 is 37.6. The average molecular weight is 483 g/mol. The van der Waals surface area contributed by atoms with E-state index in [4.69, 9.17) is 14.9 Å². The van der Waals surface area contributed by atoms with Crippen molar-refractivity contribution in [1.29, 1.82) is 0 Å². The first-order chi connectivity index (χ1) is 16.3. The van der Waals surface area contributed by atoms with Gasteiger partial charge in [0.15, 0.2) is 9.84 Å². The second-order valence-corrected chi connectivity index (χ2v) is 9.70. The first-order valence-corrected chi connectivity index (χ1v) is 12.7. The van der Waals surface area contributed by atoms with Crippen LogP contribution < -0.4 is 10.5 Å². The van der Waals surface area contributed by atoms with Crippen molar-refractivity contribution < 1.29 is 22.4 Å². The fraction of sp³-hybridized carbons (Fsp3) is 0.269. The topological polar surface area (TPSA) is 103 Å². The van der Waals surface area contributed by atoms with Crippen LogP contribution in [0.2, 0.25) is 0 Å². The fourth-order valence-electron chi connectivity index (χ4n) is 3.87. The van der Waals surface area contributed by atoms with Crippen LogP contribution in [-0.4, -0.2) is 46.0 Å². The Kier molecular flexibility index (Phi) is 8.31. The molecule has 0 saturated heterocycles. The Morgan fingerprint density at radius 3 is 2.47 bits per heavy atom. The zero-order valence-electron chi connectivity index (χ0n) is 19.7. The highest BCUT2D eigenvalue weighted by Crippen LogP contribution is 2.36. The molecule has 2 N–H and O–H groups in total. The third kappa shape index (κ3) is 5.58. The molecule has 8 heteroatoms. The monoisotopic (exact) mass is 482 g/mol. The molecule has 1 aromatic heterocycles. The summed E-state index contributed by atoms with van der Waals surface area (Å²) in [6.45, 7) is 6.71. The van der Waals surface area contributed by atoms with E-state index in [1.54, 1.807) is 42.5 Å². The van der Waals surface area contributed by atoms with E-state index >= 15 is 0 Å². The van der Waals surface area contributed by atoms with Gasteiger partial charge in [0.2, 0.25) is 0 Å². The number of primary amides is 1. The number of rotatable bonds is 11. The summed E-state index contributed by atoms with van der Waals surface area (Å²) in [4.78, 5) is 14.8. The molecule has 3 rings (SSSR count). The Hall–Kier alpha value is -3.36. The van der Waals surface area contributed by atoms with E-state index < -0.39 is 21.5 Å². The standard InChI is InChI=1S/C26H30N2O5S/c1-4-28(5-2)15-8-10-19-9-6-7-11-23(19)34(30,31)18-21-12-13-22(20-14-16-33-17-20)25(32-3)24(21)26(27)29/h6-14,16-17H,4-5,15,18H2,1-3H3,(H2,27,29)/b10-8-. The number of amides is 1. The molecule has 1 amide bonds. The zero-order chi connectivity index (χ0) is 24.7. The van der Waals surface area contributed by atoms with Crippen LogP contribution >= 0.6 is 0 Å². The molecule has 0 spiro atoms. The molecular weight excluding hydrogens is 452 g/mol. The molecule has 0 aliphatic carbocycles. The van der Waals surface area contributed by atoms with Crippen LogP contribution in [0.4, 0.5) is 0 Å². The SMILES string of the molecule is CCN(CC)C/C=C\c1ccccc1S(=O)(=O)Cc1ccc(-c2ccoc2)c(OC)c1C(N)=O. The maximum atomic E-state index is 13.5. The third-order valence-corrected chi connectivity index (χ3v) is 7.41. The first kappa shape index (κ1) is 25.3.